The van der Waals surface area contributed by atoms with Crippen molar-refractivity contribution >= 4 is 28.5 Å². The van der Waals surface area contributed by atoms with E-state index in [1.165, 1.54) is 23.0 Å². The molecule has 0 fully saturated rings. The molecule has 9 nitrogen and oxygen atoms in total. The first-order valence-corrected chi connectivity index (χ1v) is 8.37. The fourth-order valence-corrected chi connectivity index (χ4v) is 2.51. The smallest absolute Gasteiger partial charge is 0.307 e. The second-order valence-electron chi connectivity index (χ2n) is 5.81. The van der Waals surface area contributed by atoms with Crippen LogP contribution in [-0.2, 0) is 16.1 Å². The third-order valence-electron chi connectivity index (χ3n) is 3.80. The van der Waals surface area contributed by atoms with Gasteiger partial charge in [-0.3, -0.25) is 19.0 Å². The summed E-state index contributed by atoms with van der Waals surface area (Å²) >= 11 is 0. The second kappa shape index (κ2) is 7.81. The summed E-state index contributed by atoms with van der Waals surface area (Å²) < 4.78 is 11.1. The highest BCUT2D eigenvalue weighted by atomic mass is 16.5. The van der Waals surface area contributed by atoms with Gasteiger partial charge < -0.3 is 14.6 Å². The van der Waals surface area contributed by atoms with E-state index in [-0.39, 0.29) is 36.8 Å². The molecule has 2 heterocycles. The lowest BCUT2D eigenvalue weighted by atomic mass is 10.2. The normalized spacial score (nSPS) is 10.7. The highest BCUT2D eigenvalue weighted by Gasteiger charge is 2.13. The predicted molar refractivity (Wildman–Crippen MR) is 96.4 cm³/mol. The van der Waals surface area contributed by atoms with Gasteiger partial charge in [-0.15, -0.1) is 0 Å². The number of hydrogen-bond donors (Lipinski definition) is 1. The summed E-state index contributed by atoms with van der Waals surface area (Å²) in [6.07, 6.45) is 1.46. The number of aryl methyl sites for hydroxylation is 2. The Bertz CT molecular complexity index is 1050. The van der Waals surface area contributed by atoms with Crippen LogP contribution in [0.4, 0.5) is 5.69 Å². The van der Waals surface area contributed by atoms with Crippen molar-refractivity contribution in [2.75, 3.05) is 11.9 Å². The maximum absolute atomic E-state index is 12.6. The Morgan fingerprint density at radius 1 is 1.30 bits per heavy atom. The van der Waals surface area contributed by atoms with E-state index >= 15 is 0 Å². The fourth-order valence-electron chi connectivity index (χ4n) is 2.51. The summed E-state index contributed by atoms with van der Waals surface area (Å²) in [6.45, 7) is 3.86. The van der Waals surface area contributed by atoms with E-state index in [0.29, 0.717) is 22.4 Å². The molecule has 2 aromatic heterocycles. The third-order valence-corrected chi connectivity index (χ3v) is 3.80. The maximum atomic E-state index is 12.6. The van der Waals surface area contributed by atoms with Crippen LogP contribution >= 0.6 is 0 Å². The zero-order valence-electron chi connectivity index (χ0n) is 14.9. The molecule has 0 spiro atoms. The fraction of sp³-hybridized carbons (Fsp3) is 0.278. The average Bonchev–Trinajstić information content (AvgIpc) is 3.08. The number of fused-ring (bicyclic) bond motifs is 1. The van der Waals surface area contributed by atoms with E-state index in [9.17, 15) is 14.4 Å². The van der Waals surface area contributed by atoms with E-state index in [4.69, 9.17) is 9.26 Å². The maximum Gasteiger partial charge on any atom is 0.307 e. The van der Waals surface area contributed by atoms with E-state index in [1.54, 1.807) is 26.0 Å². The Labute approximate surface area is 153 Å². The zero-order valence-corrected chi connectivity index (χ0v) is 14.9. The van der Waals surface area contributed by atoms with Gasteiger partial charge in [0, 0.05) is 18.3 Å². The van der Waals surface area contributed by atoms with Crippen molar-refractivity contribution in [1.82, 2.24) is 14.7 Å². The van der Waals surface area contributed by atoms with E-state index < -0.39 is 5.91 Å². The number of ether oxygens (including phenoxy) is 1. The van der Waals surface area contributed by atoms with Crippen LogP contribution in [0.2, 0.25) is 0 Å². The Hall–Kier alpha value is -3.49. The lowest BCUT2D eigenvalue weighted by Crippen LogP contribution is -2.22. The molecule has 27 heavy (non-hydrogen) atoms. The van der Waals surface area contributed by atoms with Crippen molar-refractivity contribution in [1.29, 1.82) is 0 Å². The topological polar surface area (TPSA) is 116 Å². The molecular weight excluding hydrogens is 352 g/mol. The lowest BCUT2D eigenvalue weighted by molar-refractivity contribution is -0.143. The first-order valence-electron chi connectivity index (χ1n) is 8.37. The van der Waals surface area contributed by atoms with Crippen LogP contribution in [0.3, 0.4) is 0 Å². The van der Waals surface area contributed by atoms with E-state index in [2.05, 4.69) is 15.5 Å². The number of hydrogen-bond acceptors (Lipinski definition) is 7. The summed E-state index contributed by atoms with van der Waals surface area (Å²) in [5.41, 5.74) is 0.751. The lowest BCUT2D eigenvalue weighted by Gasteiger charge is -2.08. The number of esters is 1. The quantitative estimate of drug-likeness (QED) is 0.659. The minimum absolute atomic E-state index is 0.0723. The molecule has 0 atom stereocenters. The van der Waals surface area contributed by atoms with Crippen molar-refractivity contribution in [3.8, 4) is 0 Å². The molecule has 1 aromatic carbocycles. The number of anilines is 1. The molecule has 0 unspecified atom stereocenters. The van der Waals surface area contributed by atoms with Gasteiger partial charge in [-0.25, -0.2) is 4.98 Å². The molecule has 0 bridgehead atoms. The van der Waals surface area contributed by atoms with Gasteiger partial charge in [0.15, 0.2) is 5.69 Å². The van der Waals surface area contributed by atoms with Crippen molar-refractivity contribution in [3.05, 3.63) is 52.4 Å². The number of nitrogens with one attached hydrogen (secondary N) is 1. The van der Waals surface area contributed by atoms with Gasteiger partial charge in [0.1, 0.15) is 5.76 Å². The second-order valence-corrected chi connectivity index (χ2v) is 5.81. The average molecular weight is 370 g/mol. The number of benzene rings is 1. The molecule has 0 aliphatic heterocycles. The SMILES string of the molecule is CCOC(=O)CCn1cnc2ccc(NC(=O)c3cc(C)on3)cc2c1=O. The van der Waals surface area contributed by atoms with Crippen LogP contribution in [-0.4, -0.2) is 33.2 Å². The van der Waals surface area contributed by atoms with Crippen LogP contribution in [0, 0.1) is 6.92 Å². The van der Waals surface area contributed by atoms with Crippen LogP contribution < -0.4 is 10.9 Å². The van der Waals surface area contributed by atoms with Crippen LogP contribution in [0.25, 0.3) is 10.9 Å². The summed E-state index contributed by atoms with van der Waals surface area (Å²) in [5, 5.41) is 6.65. The molecule has 0 aliphatic rings. The van der Waals surface area contributed by atoms with Crippen molar-refractivity contribution < 1.29 is 18.8 Å². The highest BCUT2D eigenvalue weighted by Crippen LogP contribution is 2.15. The molecule has 0 saturated heterocycles. The minimum Gasteiger partial charge on any atom is -0.466 e. The van der Waals surface area contributed by atoms with Gasteiger partial charge in [0.05, 0.1) is 30.3 Å². The summed E-state index contributed by atoms with van der Waals surface area (Å²) in [4.78, 5) is 40.5. The van der Waals surface area contributed by atoms with Gasteiger partial charge in [-0.2, -0.15) is 0 Å². The van der Waals surface area contributed by atoms with Crippen LogP contribution in [0.5, 0.6) is 0 Å². The minimum atomic E-state index is -0.447. The molecule has 0 radical (unpaired) electrons. The molecule has 3 rings (SSSR count). The van der Waals surface area contributed by atoms with Gasteiger partial charge in [-0.05, 0) is 32.0 Å². The number of carbonyl (C=O) groups excluding carboxylic acids is 2. The third kappa shape index (κ3) is 4.20. The summed E-state index contributed by atoms with van der Waals surface area (Å²) in [6, 6.07) is 6.33. The Morgan fingerprint density at radius 3 is 2.81 bits per heavy atom. The van der Waals surface area contributed by atoms with Gasteiger partial charge in [-0.1, -0.05) is 5.16 Å². The number of amides is 1. The Morgan fingerprint density at radius 2 is 2.11 bits per heavy atom. The Balaban J connectivity index is 1.82. The van der Waals surface area contributed by atoms with Crippen molar-refractivity contribution in [2.24, 2.45) is 0 Å². The molecule has 1 N–H and O–H groups in total. The monoisotopic (exact) mass is 370 g/mol. The van der Waals surface area contributed by atoms with Crippen LogP contribution in [0.15, 0.2) is 39.9 Å². The molecule has 9 heteroatoms. The van der Waals surface area contributed by atoms with E-state index in [1.807, 2.05) is 0 Å². The number of aromatic nitrogens is 3. The molecule has 3 aromatic rings. The van der Waals surface area contributed by atoms with Gasteiger partial charge in [0.2, 0.25) is 0 Å². The molecule has 1 amide bonds. The van der Waals surface area contributed by atoms with Crippen molar-refractivity contribution in [2.45, 2.75) is 26.8 Å². The molecule has 0 saturated carbocycles. The standard InChI is InChI=1S/C18H18N4O5/c1-3-26-16(23)6-7-22-10-19-14-5-4-12(9-13(14)18(22)25)20-17(24)15-8-11(2)27-21-15/h4-5,8-10H,3,6-7H2,1-2H3,(H,20,24). The number of carbonyl (C=O) groups is 2. The number of nitrogens with zero attached hydrogens (tertiary/aromatic N) is 3. The molecular formula is C18H18N4O5. The summed E-state index contributed by atoms with van der Waals surface area (Å²) in [7, 11) is 0. The largest absolute Gasteiger partial charge is 0.466 e. The first kappa shape index (κ1) is 18.3. The molecule has 140 valence electrons. The Kier molecular flexibility index (Phi) is 5.30. The first-order chi connectivity index (χ1) is 13.0. The highest BCUT2D eigenvalue weighted by molar-refractivity contribution is 6.03. The van der Waals surface area contributed by atoms with E-state index in [0.717, 1.165) is 0 Å². The summed E-state index contributed by atoms with van der Waals surface area (Å²) in [5.74, 6) is -0.307. The van der Waals surface area contributed by atoms with Gasteiger partial charge in [0.25, 0.3) is 11.5 Å². The zero-order chi connectivity index (χ0) is 19.4. The van der Waals surface area contributed by atoms with Gasteiger partial charge >= 0.3 is 5.97 Å². The number of rotatable bonds is 6. The van der Waals surface area contributed by atoms with Crippen LogP contribution in [0.1, 0.15) is 29.6 Å². The van der Waals surface area contributed by atoms with Crippen molar-refractivity contribution in [3.63, 3.8) is 0 Å². The molecule has 0 aliphatic carbocycles. The predicted octanol–water partition coefficient (Wildman–Crippen LogP) is 1.90.